The van der Waals surface area contributed by atoms with Crippen LogP contribution in [0.4, 0.5) is 5.69 Å². The number of hydrogen-bond acceptors (Lipinski definition) is 15. The lowest BCUT2D eigenvalue weighted by Crippen LogP contribution is -2.46. The van der Waals surface area contributed by atoms with Crippen LogP contribution in [0.3, 0.4) is 0 Å². The standard InChI is InChI=1S/C47H57N3O14/c1-22-13-12-14-23(2)46(60)49-37-31(20-48-50-33(53)19-29-15-10-11-16-30(29)21-51)41(57)34-35(42(37)58)40(56)27(6)44-36(34)45(59)47(8,64-44)62-18-17-32(61-9)24(3)43(63-28(7)52)26(5)39(55)25(4)38(22)54/h10-18,20,22,24-26,32,38-39,43,51,54-58H,19,21H2,1-9H3,(H,49,60)(H,50,53)/b13-12+,18-17+,23-14-,48-20+. The number of phenolic OH excluding ortho intramolecular Hbond substituents is 3. The Bertz CT molecular complexity index is 2420. The topological polar surface area (TPSA) is 263 Å². The lowest BCUT2D eigenvalue weighted by Gasteiger charge is -2.38. The number of methoxy groups -OCH3 is 1. The number of nitrogens with one attached hydrogen (secondary N) is 2. The first-order valence-corrected chi connectivity index (χ1v) is 20.8. The minimum absolute atomic E-state index is 0.0200. The molecule has 0 spiro atoms. The molecule has 3 aromatic rings. The molecule has 0 radical (unpaired) electrons. The number of carbonyl (C=O) groups excluding carboxylic acids is 4. The first kappa shape index (κ1) is 48.8. The molecule has 344 valence electrons. The number of Topliss-reactive ketones (excluding diaryl/α,β-unsaturated/α-hetero) is 1. The third-order valence-electron chi connectivity index (χ3n) is 12.1. The minimum Gasteiger partial charge on any atom is -0.507 e. The van der Waals surface area contributed by atoms with Crippen molar-refractivity contribution >= 4 is 46.2 Å². The number of fused-ring (bicyclic) bond motifs is 14. The number of nitrogens with zero attached hydrogens (tertiary/aromatic N) is 1. The molecular formula is C47H57N3O14. The number of hydrogen-bond donors (Lipinski definition) is 8. The van der Waals surface area contributed by atoms with E-state index in [-0.39, 0.29) is 46.4 Å². The average molecular weight is 888 g/mol. The largest absolute Gasteiger partial charge is 0.507 e. The maximum Gasteiger partial charge on any atom is 0.312 e. The summed E-state index contributed by atoms with van der Waals surface area (Å²) < 4.78 is 23.5. The predicted molar refractivity (Wildman–Crippen MR) is 236 cm³/mol. The van der Waals surface area contributed by atoms with E-state index in [0.29, 0.717) is 11.1 Å². The van der Waals surface area contributed by atoms with Crippen LogP contribution in [0.25, 0.3) is 10.8 Å². The fourth-order valence-corrected chi connectivity index (χ4v) is 8.14. The molecule has 17 heteroatoms. The second kappa shape index (κ2) is 20.1. The molecule has 0 aliphatic carbocycles. The number of benzene rings is 3. The van der Waals surface area contributed by atoms with E-state index >= 15 is 0 Å². The van der Waals surface area contributed by atoms with Gasteiger partial charge in [0.2, 0.25) is 5.91 Å². The second-order valence-electron chi connectivity index (χ2n) is 16.5. The monoisotopic (exact) mass is 887 g/mol. The summed E-state index contributed by atoms with van der Waals surface area (Å²) in [6, 6.07) is 6.72. The number of amides is 2. The molecule has 0 fully saturated rings. The van der Waals surface area contributed by atoms with Crippen LogP contribution in [0.15, 0.2) is 65.5 Å². The maximum atomic E-state index is 14.5. The Hall–Kier alpha value is -6.27. The van der Waals surface area contributed by atoms with E-state index in [0.717, 1.165) is 12.5 Å². The van der Waals surface area contributed by atoms with Gasteiger partial charge in [0.25, 0.3) is 11.7 Å². The number of anilines is 1. The number of phenols is 3. The van der Waals surface area contributed by atoms with Gasteiger partial charge in [0, 0.05) is 61.2 Å². The van der Waals surface area contributed by atoms with Crippen LogP contribution in [-0.2, 0) is 41.6 Å². The van der Waals surface area contributed by atoms with E-state index in [4.69, 9.17) is 18.9 Å². The van der Waals surface area contributed by atoms with Gasteiger partial charge in [0.1, 0.15) is 23.4 Å². The van der Waals surface area contributed by atoms with Crippen LogP contribution in [0.1, 0.15) is 81.1 Å². The normalized spacial score (nSPS) is 28.5. The number of ether oxygens (including phenoxy) is 4. The summed E-state index contributed by atoms with van der Waals surface area (Å²) >= 11 is 0. The van der Waals surface area contributed by atoms with Crippen molar-refractivity contribution in [2.45, 2.75) is 98.6 Å². The zero-order valence-corrected chi connectivity index (χ0v) is 37.2. The highest BCUT2D eigenvalue weighted by Gasteiger charge is 2.50. The number of aromatic hydroxyl groups is 3. The van der Waals surface area contributed by atoms with Crippen LogP contribution >= 0.6 is 0 Å². The molecule has 3 aliphatic rings. The van der Waals surface area contributed by atoms with Crippen molar-refractivity contribution in [2.24, 2.45) is 28.8 Å². The van der Waals surface area contributed by atoms with Crippen molar-refractivity contribution in [2.75, 3.05) is 12.4 Å². The van der Waals surface area contributed by atoms with Gasteiger partial charge in [-0.25, -0.2) is 5.43 Å². The maximum absolute atomic E-state index is 14.5. The van der Waals surface area contributed by atoms with Crippen LogP contribution in [0.5, 0.6) is 23.0 Å². The summed E-state index contributed by atoms with van der Waals surface area (Å²) in [7, 11) is 1.41. The zero-order valence-electron chi connectivity index (χ0n) is 37.2. The van der Waals surface area contributed by atoms with Gasteiger partial charge in [-0.1, -0.05) is 70.2 Å². The van der Waals surface area contributed by atoms with E-state index in [2.05, 4.69) is 15.8 Å². The van der Waals surface area contributed by atoms with Gasteiger partial charge in [-0.15, -0.1) is 0 Å². The van der Waals surface area contributed by atoms with Crippen LogP contribution in [0.2, 0.25) is 0 Å². The Morgan fingerprint density at radius 1 is 0.938 bits per heavy atom. The highest BCUT2D eigenvalue weighted by atomic mass is 16.7. The Balaban J connectivity index is 1.68. The Labute approximate surface area is 370 Å². The number of aliphatic hydroxyl groups excluding tert-OH is 3. The highest BCUT2D eigenvalue weighted by molar-refractivity contribution is 6.24. The Morgan fingerprint density at radius 2 is 1.61 bits per heavy atom. The third-order valence-corrected chi connectivity index (χ3v) is 12.1. The van der Waals surface area contributed by atoms with Crippen LogP contribution in [0, 0.1) is 30.6 Å². The molecule has 0 saturated carbocycles. The number of hydrazone groups is 1. The quantitative estimate of drug-likeness (QED) is 0.0514. The number of esters is 1. The number of carbonyl (C=O) groups is 4. The lowest BCUT2D eigenvalue weighted by molar-refractivity contribution is -0.160. The molecule has 0 aromatic heterocycles. The number of allylic oxidation sites excluding steroid dienone is 2. The molecule has 6 rings (SSSR count). The molecule has 0 saturated heterocycles. The van der Waals surface area contributed by atoms with E-state index < -0.39 is 106 Å². The molecule has 5 bridgehead atoms. The summed E-state index contributed by atoms with van der Waals surface area (Å²) in [4.78, 5) is 53.6. The van der Waals surface area contributed by atoms with E-state index in [1.165, 1.54) is 53.0 Å². The van der Waals surface area contributed by atoms with Gasteiger partial charge in [-0.2, -0.15) is 5.10 Å². The molecule has 64 heavy (non-hydrogen) atoms. The molecule has 3 aliphatic heterocycles. The fraction of sp³-hybridized carbons (Fsp3) is 0.426. The first-order valence-electron chi connectivity index (χ1n) is 20.8. The van der Waals surface area contributed by atoms with Crippen molar-refractivity contribution in [1.29, 1.82) is 0 Å². The molecule has 3 heterocycles. The summed E-state index contributed by atoms with van der Waals surface area (Å²) in [5, 5.41) is 73.9. The molecule has 8 N–H and O–H groups in total. The van der Waals surface area contributed by atoms with Crippen LogP contribution in [-0.4, -0.2) is 97.7 Å². The highest BCUT2D eigenvalue weighted by Crippen LogP contribution is 2.55. The van der Waals surface area contributed by atoms with E-state index in [1.54, 1.807) is 58.0 Å². The van der Waals surface area contributed by atoms with Crippen molar-refractivity contribution in [3.63, 3.8) is 0 Å². The van der Waals surface area contributed by atoms with Gasteiger partial charge in [0.05, 0.1) is 66.0 Å². The summed E-state index contributed by atoms with van der Waals surface area (Å²) in [6.07, 6.45) is 3.89. The van der Waals surface area contributed by atoms with Crippen LogP contribution < -0.4 is 15.5 Å². The number of aliphatic hydroxyl groups is 3. The molecule has 2 amide bonds. The smallest absolute Gasteiger partial charge is 0.312 e. The average Bonchev–Trinajstić information content (AvgIpc) is 3.52. The van der Waals surface area contributed by atoms with Gasteiger partial charge < -0.3 is 54.9 Å². The van der Waals surface area contributed by atoms with Gasteiger partial charge in [-0.3, -0.25) is 19.2 Å². The minimum atomic E-state index is -2.13. The van der Waals surface area contributed by atoms with Gasteiger partial charge >= 0.3 is 11.8 Å². The molecule has 3 aromatic carbocycles. The zero-order chi connectivity index (χ0) is 47.4. The SMILES string of the molecule is COC1/C=C/OC2(C)Oc3c(C)c(O)c4c(O)c(c(/C=N/NC(=O)Cc5ccccc5CO)c(O)c4c3C2=O)NC(=O)/C(C)=C\C=C\C(C)C(O)C(C)C(O)C(C)C(OC(C)=O)C1C. The number of ketones is 1. The van der Waals surface area contributed by atoms with Gasteiger partial charge in [0.15, 0.2) is 5.75 Å². The summed E-state index contributed by atoms with van der Waals surface area (Å²) in [5.74, 6) is -9.94. The van der Waals surface area contributed by atoms with Gasteiger partial charge in [-0.05, 0) is 31.1 Å². The molecular weight excluding hydrogens is 831 g/mol. The van der Waals surface area contributed by atoms with E-state index in [9.17, 15) is 49.8 Å². The molecule has 9 unspecified atom stereocenters. The summed E-state index contributed by atoms with van der Waals surface area (Å²) in [5.41, 5.74) is 2.33. The molecule has 17 nitrogen and oxygen atoms in total. The van der Waals surface area contributed by atoms with Crippen molar-refractivity contribution in [3.05, 3.63) is 88.2 Å². The van der Waals surface area contributed by atoms with Crippen molar-refractivity contribution in [3.8, 4) is 23.0 Å². The third kappa shape index (κ3) is 9.77. The number of rotatable bonds is 7. The van der Waals surface area contributed by atoms with Crippen molar-refractivity contribution in [1.82, 2.24) is 5.43 Å². The van der Waals surface area contributed by atoms with Crippen molar-refractivity contribution < 1.29 is 68.8 Å². The predicted octanol–water partition coefficient (Wildman–Crippen LogP) is 4.94. The lowest BCUT2D eigenvalue weighted by atomic mass is 9.78. The fourth-order valence-electron chi connectivity index (χ4n) is 8.14. The first-order chi connectivity index (χ1) is 30.2. The molecule has 9 atom stereocenters. The van der Waals surface area contributed by atoms with E-state index in [1.807, 2.05) is 0 Å². The second-order valence-corrected chi connectivity index (χ2v) is 16.5. The summed E-state index contributed by atoms with van der Waals surface area (Å²) in [6.45, 7) is 11.9. The Kier molecular flexibility index (Phi) is 15.3. The Morgan fingerprint density at radius 3 is 2.25 bits per heavy atom.